The van der Waals surface area contributed by atoms with Crippen LogP contribution >= 0.6 is 0 Å². The molecule has 2 rings (SSSR count). The van der Waals surface area contributed by atoms with Crippen LogP contribution in [0, 0.1) is 17.0 Å². The van der Waals surface area contributed by atoms with Gasteiger partial charge in [0.15, 0.2) is 0 Å². The number of methoxy groups -OCH3 is 2. The van der Waals surface area contributed by atoms with Crippen LogP contribution in [0.2, 0.25) is 0 Å². The summed E-state index contributed by atoms with van der Waals surface area (Å²) in [5, 5.41) is 23.7. The molecule has 10 heteroatoms. The molecule has 2 N–H and O–H groups in total. The summed E-state index contributed by atoms with van der Waals surface area (Å²) in [5.41, 5.74) is 0.498. The van der Waals surface area contributed by atoms with E-state index in [0.717, 1.165) is 0 Å². The minimum Gasteiger partial charge on any atom is -0.497 e. The Morgan fingerprint density at radius 1 is 1.41 bits per heavy atom. The van der Waals surface area contributed by atoms with Gasteiger partial charge in [-0.05, 0) is 28.1 Å². The number of hydrogen-bond acceptors (Lipinski definition) is 7. The average Bonchev–Trinajstić information content (AvgIpc) is 3.04. The van der Waals surface area contributed by atoms with Gasteiger partial charge in [0.2, 0.25) is 11.7 Å². The van der Waals surface area contributed by atoms with E-state index in [9.17, 15) is 20.0 Å². The molecule has 1 unspecified atom stereocenters. The summed E-state index contributed by atoms with van der Waals surface area (Å²) in [6.07, 6.45) is 0.407. The van der Waals surface area contributed by atoms with Crippen molar-refractivity contribution < 1.29 is 24.3 Å². The largest absolute Gasteiger partial charge is 0.497 e. The van der Waals surface area contributed by atoms with Gasteiger partial charge in [0.1, 0.15) is 17.7 Å². The highest BCUT2D eigenvalue weighted by Crippen LogP contribution is 2.29. The summed E-state index contributed by atoms with van der Waals surface area (Å²) < 4.78 is 11.9. The highest BCUT2D eigenvalue weighted by molar-refractivity contribution is 5.75. The molecule has 2 aromatic rings. The number of nitrogens with one attached hydrogen (secondary N) is 1. The molecule has 1 heterocycles. The number of aromatic nitrogens is 2. The second-order valence-corrected chi connectivity index (χ2v) is 5.77. The van der Waals surface area contributed by atoms with Gasteiger partial charge < -0.3 is 34.6 Å². The lowest BCUT2D eigenvalue weighted by Crippen LogP contribution is -2.29. The van der Waals surface area contributed by atoms with Crippen LogP contribution in [0.25, 0.3) is 0 Å². The van der Waals surface area contributed by atoms with Gasteiger partial charge in [-0.1, -0.05) is 0 Å². The van der Waals surface area contributed by atoms with E-state index in [1.54, 1.807) is 29.7 Å². The van der Waals surface area contributed by atoms with Crippen molar-refractivity contribution in [1.82, 2.24) is 14.9 Å². The van der Waals surface area contributed by atoms with E-state index in [0.29, 0.717) is 22.9 Å². The Kier molecular flexibility index (Phi) is 6.72. The van der Waals surface area contributed by atoms with Crippen molar-refractivity contribution in [3.63, 3.8) is 0 Å². The number of aliphatic hydroxyl groups excluding tert-OH is 1. The van der Waals surface area contributed by atoms with E-state index in [1.165, 1.54) is 20.4 Å². The molecule has 0 spiro atoms. The number of carbonyl (C=O) groups excluding carboxylic acids is 1. The molecule has 146 valence electrons. The summed E-state index contributed by atoms with van der Waals surface area (Å²) in [5.74, 6) is 0.947. The number of aliphatic hydroxyl groups is 1. The molecule has 0 aliphatic rings. The second kappa shape index (κ2) is 8.99. The molecular weight excluding hydrogens is 356 g/mol. The van der Waals surface area contributed by atoms with E-state index >= 15 is 0 Å². The van der Waals surface area contributed by atoms with Crippen LogP contribution in [0.15, 0.2) is 24.4 Å². The standard InChI is InChI=1S/C17H22N4O6/c1-11-19-16(21(24)25)10-20(11)7-6-17(23)18-9-14(22)13-8-12(26-2)4-5-15(13)27-3/h4-5,8,10,14,22H,6-7,9H2,1-3H3,(H,18,23). The zero-order valence-electron chi connectivity index (χ0n) is 15.3. The van der Waals surface area contributed by atoms with Crippen LogP contribution in [0.3, 0.4) is 0 Å². The Morgan fingerprint density at radius 2 is 2.15 bits per heavy atom. The highest BCUT2D eigenvalue weighted by Gasteiger charge is 2.17. The molecular formula is C17H22N4O6. The van der Waals surface area contributed by atoms with Gasteiger partial charge in [0.05, 0.1) is 20.3 Å². The molecule has 0 radical (unpaired) electrons. The molecule has 0 saturated heterocycles. The van der Waals surface area contributed by atoms with Crippen LogP contribution in [0.5, 0.6) is 11.5 Å². The van der Waals surface area contributed by atoms with Crippen molar-refractivity contribution in [2.24, 2.45) is 0 Å². The fourth-order valence-corrected chi connectivity index (χ4v) is 2.54. The monoisotopic (exact) mass is 378 g/mol. The quantitative estimate of drug-likeness (QED) is 0.498. The highest BCUT2D eigenvalue weighted by atomic mass is 16.6. The minimum absolute atomic E-state index is 0.00851. The first-order chi connectivity index (χ1) is 12.8. The van der Waals surface area contributed by atoms with E-state index in [4.69, 9.17) is 9.47 Å². The van der Waals surface area contributed by atoms with Gasteiger partial charge in [-0.2, -0.15) is 0 Å². The molecule has 1 aromatic heterocycles. The lowest BCUT2D eigenvalue weighted by Gasteiger charge is -2.16. The van der Waals surface area contributed by atoms with E-state index in [1.807, 2.05) is 0 Å². The van der Waals surface area contributed by atoms with Crippen molar-refractivity contribution in [3.8, 4) is 11.5 Å². The summed E-state index contributed by atoms with van der Waals surface area (Å²) >= 11 is 0. The molecule has 1 amide bonds. The number of nitro groups is 1. The van der Waals surface area contributed by atoms with Gasteiger partial charge in [0, 0.05) is 32.0 Å². The normalized spacial score (nSPS) is 11.7. The number of ether oxygens (including phenoxy) is 2. The minimum atomic E-state index is -0.977. The molecule has 0 aliphatic carbocycles. The summed E-state index contributed by atoms with van der Waals surface area (Å²) in [6.45, 7) is 1.87. The van der Waals surface area contributed by atoms with E-state index in [-0.39, 0.29) is 31.2 Å². The maximum absolute atomic E-state index is 12.0. The number of aryl methyl sites for hydroxylation is 2. The first-order valence-corrected chi connectivity index (χ1v) is 8.20. The van der Waals surface area contributed by atoms with Crippen LogP contribution in [0.1, 0.15) is 23.9 Å². The van der Waals surface area contributed by atoms with Crippen molar-refractivity contribution in [3.05, 3.63) is 45.9 Å². The molecule has 0 fully saturated rings. The average molecular weight is 378 g/mol. The number of imidazole rings is 1. The molecule has 0 aliphatic heterocycles. The van der Waals surface area contributed by atoms with Crippen molar-refractivity contribution in [2.75, 3.05) is 20.8 Å². The fraction of sp³-hybridized carbons (Fsp3) is 0.412. The summed E-state index contributed by atoms with van der Waals surface area (Å²) in [7, 11) is 3.01. The predicted octanol–water partition coefficient (Wildman–Crippen LogP) is 1.36. The number of carbonyl (C=O) groups is 1. The van der Waals surface area contributed by atoms with Crippen LogP contribution in [0.4, 0.5) is 5.82 Å². The first-order valence-electron chi connectivity index (χ1n) is 8.20. The third-order valence-electron chi connectivity index (χ3n) is 4.02. The first kappa shape index (κ1) is 20.2. The second-order valence-electron chi connectivity index (χ2n) is 5.77. The summed E-state index contributed by atoms with van der Waals surface area (Å²) in [4.78, 5) is 26.0. The zero-order chi connectivity index (χ0) is 20.0. The molecule has 0 saturated carbocycles. The smallest absolute Gasteiger partial charge is 0.381 e. The van der Waals surface area contributed by atoms with Crippen LogP contribution in [-0.4, -0.2) is 46.3 Å². The van der Waals surface area contributed by atoms with Gasteiger partial charge in [-0.3, -0.25) is 4.79 Å². The van der Waals surface area contributed by atoms with Crippen molar-refractivity contribution in [2.45, 2.75) is 26.0 Å². The Bertz CT molecular complexity index is 820. The molecule has 0 bridgehead atoms. The Balaban J connectivity index is 1.91. The SMILES string of the molecule is COc1ccc(OC)c(C(O)CNC(=O)CCn2cc([N+](=O)[O-])nc2C)c1. The van der Waals surface area contributed by atoms with Crippen LogP contribution < -0.4 is 14.8 Å². The van der Waals surface area contributed by atoms with Gasteiger partial charge >= 0.3 is 5.82 Å². The lowest BCUT2D eigenvalue weighted by atomic mass is 10.1. The third-order valence-corrected chi connectivity index (χ3v) is 4.02. The third kappa shape index (κ3) is 5.17. The lowest BCUT2D eigenvalue weighted by molar-refractivity contribution is -0.389. The Hall–Kier alpha value is -3.14. The maximum atomic E-state index is 12.0. The summed E-state index contributed by atoms with van der Waals surface area (Å²) in [6, 6.07) is 5.03. The number of benzene rings is 1. The molecule has 27 heavy (non-hydrogen) atoms. The molecule has 1 aromatic carbocycles. The van der Waals surface area contributed by atoms with E-state index < -0.39 is 11.0 Å². The van der Waals surface area contributed by atoms with Gasteiger partial charge in [-0.15, -0.1) is 0 Å². The topological polar surface area (TPSA) is 129 Å². The number of amides is 1. The Labute approximate surface area is 155 Å². The zero-order valence-corrected chi connectivity index (χ0v) is 15.3. The Morgan fingerprint density at radius 3 is 2.74 bits per heavy atom. The van der Waals surface area contributed by atoms with Crippen LogP contribution in [-0.2, 0) is 11.3 Å². The predicted molar refractivity (Wildman–Crippen MR) is 95.8 cm³/mol. The van der Waals surface area contributed by atoms with Gasteiger partial charge in [0.25, 0.3) is 0 Å². The van der Waals surface area contributed by atoms with E-state index in [2.05, 4.69) is 10.3 Å². The molecule has 10 nitrogen and oxygen atoms in total. The van der Waals surface area contributed by atoms with Gasteiger partial charge in [-0.25, -0.2) is 0 Å². The number of nitrogens with zero attached hydrogens (tertiary/aromatic N) is 3. The van der Waals surface area contributed by atoms with Crippen molar-refractivity contribution >= 4 is 11.7 Å². The molecule has 1 atom stereocenters. The van der Waals surface area contributed by atoms with Crippen molar-refractivity contribution in [1.29, 1.82) is 0 Å². The fourth-order valence-electron chi connectivity index (χ4n) is 2.54. The number of rotatable bonds is 9. The number of hydrogen-bond donors (Lipinski definition) is 2. The maximum Gasteiger partial charge on any atom is 0.381 e.